The zero-order chi connectivity index (χ0) is 15.9. The molecule has 120 valence electrons. The fourth-order valence-corrected chi connectivity index (χ4v) is 2.70. The number of nitrogens with zero attached hydrogens (tertiary/aromatic N) is 1. The number of ether oxygens (including phenoxy) is 1. The van der Waals surface area contributed by atoms with Crippen molar-refractivity contribution in [2.45, 2.75) is 32.4 Å². The van der Waals surface area contributed by atoms with Crippen molar-refractivity contribution in [1.82, 2.24) is 9.03 Å². The summed E-state index contributed by atoms with van der Waals surface area (Å²) in [5.41, 5.74) is 0.843. The molecule has 0 aliphatic rings. The minimum Gasteiger partial charge on any atom is -0.497 e. The van der Waals surface area contributed by atoms with Crippen molar-refractivity contribution in [3.63, 3.8) is 0 Å². The maximum absolute atomic E-state index is 12.1. The van der Waals surface area contributed by atoms with E-state index >= 15 is 0 Å². The molecule has 0 aliphatic heterocycles. The molecule has 0 bridgehead atoms. The van der Waals surface area contributed by atoms with Gasteiger partial charge in [-0.1, -0.05) is 19.1 Å². The van der Waals surface area contributed by atoms with Crippen LogP contribution in [0.1, 0.15) is 25.3 Å². The Hall–Kier alpha value is -1.15. The van der Waals surface area contributed by atoms with E-state index < -0.39 is 16.3 Å². The van der Waals surface area contributed by atoms with Gasteiger partial charge in [0.15, 0.2) is 0 Å². The largest absolute Gasteiger partial charge is 0.497 e. The molecule has 0 fully saturated rings. The van der Waals surface area contributed by atoms with Gasteiger partial charge in [-0.2, -0.15) is 12.7 Å². The molecule has 7 heteroatoms. The monoisotopic (exact) mass is 316 g/mol. The summed E-state index contributed by atoms with van der Waals surface area (Å²) < 4.78 is 33.0. The maximum atomic E-state index is 12.1. The van der Waals surface area contributed by atoms with Crippen molar-refractivity contribution in [1.29, 1.82) is 0 Å². The van der Waals surface area contributed by atoms with Gasteiger partial charge in [0.25, 0.3) is 10.2 Å². The maximum Gasteiger partial charge on any atom is 0.279 e. The van der Waals surface area contributed by atoms with Crippen LogP contribution in [0.5, 0.6) is 5.75 Å². The van der Waals surface area contributed by atoms with Gasteiger partial charge in [0.1, 0.15) is 5.75 Å². The fraction of sp³-hybridized carbons (Fsp3) is 0.571. The van der Waals surface area contributed by atoms with E-state index in [4.69, 9.17) is 4.74 Å². The lowest BCUT2D eigenvalue weighted by Gasteiger charge is -2.18. The van der Waals surface area contributed by atoms with Gasteiger partial charge >= 0.3 is 0 Å². The highest BCUT2D eigenvalue weighted by Gasteiger charge is 2.17. The molecule has 0 radical (unpaired) electrons. The van der Waals surface area contributed by atoms with E-state index in [0.29, 0.717) is 18.6 Å². The second-order valence-electron chi connectivity index (χ2n) is 4.86. The van der Waals surface area contributed by atoms with Crippen molar-refractivity contribution in [3.05, 3.63) is 29.8 Å². The molecule has 1 atom stereocenters. The van der Waals surface area contributed by atoms with Crippen molar-refractivity contribution in [2.75, 3.05) is 20.7 Å². The van der Waals surface area contributed by atoms with Crippen LogP contribution in [0, 0.1) is 0 Å². The Morgan fingerprint density at radius 3 is 2.76 bits per heavy atom. The average molecular weight is 316 g/mol. The van der Waals surface area contributed by atoms with Gasteiger partial charge in [-0.3, -0.25) is 0 Å². The molecule has 0 spiro atoms. The van der Waals surface area contributed by atoms with Gasteiger partial charge in [0.2, 0.25) is 0 Å². The Bertz CT molecular complexity index is 534. The van der Waals surface area contributed by atoms with Crippen molar-refractivity contribution < 1.29 is 18.3 Å². The number of rotatable bonds is 9. The highest BCUT2D eigenvalue weighted by molar-refractivity contribution is 7.87. The van der Waals surface area contributed by atoms with Crippen LogP contribution in [0.15, 0.2) is 24.3 Å². The summed E-state index contributed by atoms with van der Waals surface area (Å²) in [4.78, 5) is 0. The van der Waals surface area contributed by atoms with Gasteiger partial charge in [-0.05, 0) is 30.5 Å². The molecule has 0 aliphatic carbocycles. The summed E-state index contributed by atoms with van der Waals surface area (Å²) in [6.07, 6.45) is 0.542. The topological polar surface area (TPSA) is 78.9 Å². The molecule has 0 heterocycles. The summed E-state index contributed by atoms with van der Waals surface area (Å²) in [5.74, 6) is 0.692. The Morgan fingerprint density at radius 2 is 2.14 bits per heavy atom. The van der Waals surface area contributed by atoms with Crippen LogP contribution in [-0.4, -0.2) is 44.6 Å². The van der Waals surface area contributed by atoms with Crippen LogP contribution in [-0.2, 0) is 16.8 Å². The van der Waals surface area contributed by atoms with Gasteiger partial charge in [0, 0.05) is 20.1 Å². The first-order valence-electron chi connectivity index (χ1n) is 6.91. The van der Waals surface area contributed by atoms with Crippen LogP contribution in [0.2, 0.25) is 0 Å². The smallest absolute Gasteiger partial charge is 0.279 e. The third-order valence-corrected chi connectivity index (χ3v) is 4.70. The van der Waals surface area contributed by atoms with Crippen LogP contribution in [0.4, 0.5) is 0 Å². The van der Waals surface area contributed by atoms with E-state index in [2.05, 4.69) is 4.72 Å². The molecule has 21 heavy (non-hydrogen) atoms. The van der Waals surface area contributed by atoms with E-state index in [9.17, 15) is 13.5 Å². The van der Waals surface area contributed by atoms with Crippen LogP contribution in [0.3, 0.4) is 0 Å². The van der Waals surface area contributed by atoms with Gasteiger partial charge < -0.3 is 9.84 Å². The lowest BCUT2D eigenvalue weighted by Crippen LogP contribution is -2.38. The number of benzene rings is 1. The Morgan fingerprint density at radius 1 is 1.43 bits per heavy atom. The third-order valence-electron chi connectivity index (χ3n) is 3.18. The summed E-state index contributed by atoms with van der Waals surface area (Å²) in [6, 6.07) is 7.27. The van der Waals surface area contributed by atoms with Crippen molar-refractivity contribution >= 4 is 10.2 Å². The predicted molar refractivity (Wildman–Crippen MR) is 82.3 cm³/mol. The van der Waals surface area contributed by atoms with Gasteiger partial charge in [0.05, 0.1) is 13.2 Å². The standard InChI is InChI=1S/C14H24N2O4S/c1-4-13(17)8-9-15-21(18,19)16(2)11-12-6-5-7-14(10-12)20-3/h5-7,10,13,15,17H,4,8-9,11H2,1-3H3. The van der Waals surface area contributed by atoms with E-state index in [-0.39, 0.29) is 13.1 Å². The van der Waals surface area contributed by atoms with Crippen molar-refractivity contribution in [2.24, 2.45) is 0 Å². The minimum atomic E-state index is -3.55. The van der Waals surface area contributed by atoms with Gasteiger partial charge in [-0.25, -0.2) is 4.72 Å². The molecule has 6 nitrogen and oxygen atoms in total. The molecule has 0 amide bonds. The zero-order valence-corrected chi connectivity index (χ0v) is 13.6. The molecular formula is C14H24N2O4S. The number of aliphatic hydroxyl groups is 1. The Kier molecular flexibility index (Phi) is 7.10. The number of methoxy groups -OCH3 is 1. The second kappa shape index (κ2) is 8.33. The molecule has 0 aromatic heterocycles. The number of nitrogens with one attached hydrogen (secondary N) is 1. The molecular weight excluding hydrogens is 292 g/mol. The summed E-state index contributed by atoms with van der Waals surface area (Å²) >= 11 is 0. The highest BCUT2D eigenvalue weighted by Crippen LogP contribution is 2.14. The summed E-state index contributed by atoms with van der Waals surface area (Å²) in [5, 5.41) is 9.42. The first-order chi connectivity index (χ1) is 9.89. The zero-order valence-electron chi connectivity index (χ0n) is 12.7. The molecule has 0 saturated heterocycles. The Balaban J connectivity index is 2.57. The molecule has 1 unspecified atom stereocenters. The lowest BCUT2D eigenvalue weighted by atomic mass is 10.2. The molecule has 2 N–H and O–H groups in total. The average Bonchev–Trinajstić information content (AvgIpc) is 2.46. The first kappa shape index (κ1) is 17.9. The molecule has 1 aromatic carbocycles. The lowest BCUT2D eigenvalue weighted by molar-refractivity contribution is 0.161. The van der Waals surface area contributed by atoms with Crippen molar-refractivity contribution in [3.8, 4) is 5.75 Å². The van der Waals surface area contributed by atoms with E-state index in [0.717, 1.165) is 5.56 Å². The second-order valence-corrected chi connectivity index (χ2v) is 6.72. The number of aliphatic hydroxyl groups excluding tert-OH is 1. The first-order valence-corrected chi connectivity index (χ1v) is 8.35. The van der Waals surface area contributed by atoms with E-state index in [1.807, 2.05) is 25.1 Å². The number of hydrogen-bond acceptors (Lipinski definition) is 4. The minimum absolute atomic E-state index is 0.222. The van der Waals surface area contributed by atoms with E-state index in [1.54, 1.807) is 13.2 Å². The SMILES string of the molecule is CCC(O)CCNS(=O)(=O)N(C)Cc1cccc(OC)c1. The molecule has 1 aromatic rings. The Labute approximate surface area is 126 Å². The summed E-state index contributed by atoms with van der Waals surface area (Å²) in [6.45, 7) is 2.33. The van der Waals surface area contributed by atoms with E-state index in [1.165, 1.54) is 11.4 Å². The quantitative estimate of drug-likeness (QED) is 0.715. The number of hydrogen-bond donors (Lipinski definition) is 2. The highest BCUT2D eigenvalue weighted by atomic mass is 32.2. The third kappa shape index (κ3) is 6.01. The molecule has 0 saturated carbocycles. The fourth-order valence-electron chi connectivity index (χ4n) is 1.78. The molecule has 1 rings (SSSR count). The van der Waals surface area contributed by atoms with Crippen LogP contribution >= 0.6 is 0 Å². The van der Waals surface area contributed by atoms with Crippen LogP contribution in [0.25, 0.3) is 0 Å². The van der Waals surface area contributed by atoms with Crippen LogP contribution < -0.4 is 9.46 Å². The predicted octanol–water partition coefficient (Wildman–Crippen LogP) is 1.12. The van der Waals surface area contributed by atoms with Gasteiger partial charge in [-0.15, -0.1) is 0 Å². The summed E-state index contributed by atoms with van der Waals surface area (Å²) in [7, 11) is -0.469. The normalized spacial score (nSPS) is 13.4.